The van der Waals surface area contributed by atoms with Gasteiger partial charge in [-0.05, 0) is 237 Å². The van der Waals surface area contributed by atoms with Gasteiger partial charge in [0.25, 0.3) is 0 Å². The molecule has 0 spiro atoms. The fourth-order valence-corrected chi connectivity index (χ4v) is 16.7. The highest BCUT2D eigenvalue weighted by molar-refractivity contribution is 4.98. The minimum Gasteiger partial charge on any atom is -0.252 e. The van der Waals surface area contributed by atoms with Gasteiger partial charge >= 0.3 is 0 Å². The van der Waals surface area contributed by atoms with Crippen molar-refractivity contribution >= 4 is 0 Å². The maximum atomic E-state index is 4.26. The highest BCUT2D eigenvalue weighted by Gasteiger charge is 2.14. The summed E-state index contributed by atoms with van der Waals surface area (Å²) in [5.74, 6) is 11.3. The van der Waals surface area contributed by atoms with Gasteiger partial charge in [-0.15, -0.1) is 35.7 Å². The highest BCUT2D eigenvalue weighted by atomic mass is 15.5. The van der Waals surface area contributed by atoms with Crippen LogP contribution in [-0.4, -0.2) is 105 Å². The minimum atomic E-state index is 0.742. The predicted octanol–water partition coefficient (Wildman–Crippen LogP) is 32.9. The summed E-state index contributed by atoms with van der Waals surface area (Å²) in [4.78, 5) is 0. The molecule has 21 nitrogen and oxygen atoms in total. The van der Waals surface area contributed by atoms with Crippen LogP contribution in [0.2, 0.25) is 0 Å². The number of aryl methyl sites for hydroxylation is 14. The summed E-state index contributed by atoms with van der Waals surface area (Å²) < 4.78 is 14.5. The van der Waals surface area contributed by atoms with Gasteiger partial charge in [-0.1, -0.05) is 417 Å². The molecule has 0 amide bonds. The van der Waals surface area contributed by atoms with Crippen molar-refractivity contribution in [2.45, 2.75) is 580 Å². The Bertz CT molecular complexity index is 3540. The number of nitrogens with zero attached hydrogens (tertiary/aromatic N) is 21. The van der Waals surface area contributed by atoms with Gasteiger partial charge in [-0.2, -0.15) is 0 Å². The first kappa shape index (κ1) is 129. The Kier molecular flexibility index (Phi) is 80.5. The van der Waals surface area contributed by atoms with Crippen LogP contribution in [-0.2, 0) is 90.8 Å². The van der Waals surface area contributed by atoms with Gasteiger partial charge in [0, 0.05) is 64.4 Å². The lowest BCUT2D eigenvalue weighted by Crippen LogP contribution is -2.06. The lowest BCUT2D eigenvalue weighted by Gasteiger charge is -2.08. The van der Waals surface area contributed by atoms with Gasteiger partial charge in [0.15, 0.2) is 0 Å². The zero-order chi connectivity index (χ0) is 101. The molecule has 0 aliphatic heterocycles. The number of aromatic nitrogens is 21. The molecule has 7 aromatic rings. The fraction of sp³-hybridized carbons (Fsp3) is 0.879. The minimum absolute atomic E-state index is 0.742. The molecule has 0 fully saturated rings. The van der Waals surface area contributed by atoms with Crippen molar-refractivity contribution in [2.24, 2.45) is 82.9 Å². The lowest BCUT2D eigenvalue weighted by molar-refractivity contribution is 0.468. The van der Waals surface area contributed by atoms with Crippen molar-refractivity contribution in [3.63, 3.8) is 0 Å². The van der Waals surface area contributed by atoms with E-state index in [-0.39, 0.29) is 0 Å². The van der Waals surface area contributed by atoms with Crippen LogP contribution in [0, 0.1) is 82.9 Å². The van der Waals surface area contributed by atoms with Crippen LogP contribution in [0.5, 0.6) is 0 Å². The molecule has 0 aliphatic rings. The first-order valence-electron chi connectivity index (χ1n) is 57.8. The zero-order valence-corrected chi connectivity index (χ0v) is 95.4. The van der Waals surface area contributed by atoms with E-state index in [1.807, 2.05) is 38.8 Å². The molecule has 0 N–H and O–H groups in total. The van der Waals surface area contributed by atoms with E-state index in [1.165, 1.54) is 318 Å². The zero-order valence-electron chi connectivity index (χ0n) is 95.4. The average Bonchev–Trinajstić information content (AvgIpc) is 1.79. The Morgan fingerprint density at radius 2 is 0.343 bits per heavy atom. The molecule has 7 rings (SSSR count). The van der Waals surface area contributed by atoms with Crippen LogP contribution >= 0.6 is 0 Å². The Labute approximate surface area is 846 Å². The van der Waals surface area contributed by atoms with Crippen molar-refractivity contribution in [3.8, 4) is 0 Å². The Balaban J connectivity index is 0.000000799. The summed E-state index contributed by atoms with van der Waals surface area (Å²) in [7, 11) is 0. The summed E-state index contributed by atoms with van der Waals surface area (Å²) in [5.41, 5.74) is 8.72. The standard InChI is InChI=1S/4C17H33N3.3C16H31N3/c1-15(2)10-6-5-9-13-20-17(14-18-19-20)12-8-7-11-16(3)4;2*1-15(2)10-7-5-6-8-12-17-14-18-19-20(17)13-9-11-16(3)4;1-15(2)10-8-6-5-7-9-13-20-17(14-18-19-20)12-11-16(3)4;1-14(2)9-6-5-7-12-19-13-16(17-18-19)11-8-10-15(3)4;1-14(2)9-6-5-7-11-16-13-19(18-17-16)12-8-10-15(3)4;1-14(2)9-7-5-6-8-12-19-13-16(17-18-19)11-10-15(3)4/h4*14-16H,5-13H2,1-4H3;3*13-15H,5-12H2,1-4H3. The molecule has 0 aromatic carbocycles. The second-order valence-electron chi connectivity index (χ2n) is 46.8. The van der Waals surface area contributed by atoms with Crippen LogP contribution in [0.25, 0.3) is 0 Å². The van der Waals surface area contributed by atoms with Crippen molar-refractivity contribution in [3.05, 3.63) is 83.2 Å². The molecule has 0 bridgehead atoms. The Morgan fingerprint density at radius 3 is 0.650 bits per heavy atom. The third-order valence-corrected chi connectivity index (χ3v) is 25.7. The van der Waals surface area contributed by atoms with Crippen molar-refractivity contribution in [1.29, 1.82) is 0 Å². The van der Waals surface area contributed by atoms with Crippen LogP contribution in [0.15, 0.2) is 43.4 Å². The summed E-state index contributed by atoms with van der Waals surface area (Å²) >= 11 is 0. The molecular weight excluding hydrogens is 1690 g/mol. The quantitative estimate of drug-likeness (QED) is 0.0324. The Morgan fingerprint density at radius 1 is 0.161 bits per heavy atom. The van der Waals surface area contributed by atoms with E-state index in [2.05, 4.69) is 303 Å². The van der Waals surface area contributed by atoms with E-state index in [9.17, 15) is 0 Å². The summed E-state index contributed by atoms with van der Waals surface area (Å²) in [6, 6.07) is 0. The molecule has 7 heterocycles. The van der Waals surface area contributed by atoms with Crippen molar-refractivity contribution in [2.75, 3.05) is 0 Å². The second kappa shape index (κ2) is 85.6. The van der Waals surface area contributed by atoms with Gasteiger partial charge in [-0.3, -0.25) is 14.0 Å². The highest BCUT2D eigenvalue weighted by Crippen LogP contribution is 2.22. The lowest BCUT2D eigenvalue weighted by atomic mass is 10.0. The van der Waals surface area contributed by atoms with Gasteiger partial charge in [0.2, 0.25) is 0 Å². The molecule has 0 aliphatic carbocycles. The largest absolute Gasteiger partial charge is 0.252 e. The topological polar surface area (TPSA) is 215 Å². The summed E-state index contributed by atoms with van der Waals surface area (Å²) in [6.07, 6.45) is 82.0. The number of hydrogen-bond donors (Lipinski definition) is 0. The van der Waals surface area contributed by atoms with Crippen LogP contribution in [0.1, 0.15) is 529 Å². The van der Waals surface area contributed by atoms with Crippen molar-refractivity contribution in [1.82, 2.24) is 105 Å². The van der Waals surface area contributed by atoms with Gasteiger partial charge in [0.1, 0.15) is 0 Å². The average molecular weight is 1910 g/mol. The first-order valence-corrected chi connectivity index (χ1v) is 57.8. The van der Waals surface area contributed by atoms with Gasteiger partial charge in [0.05, 0.1) is 64.6 Å². The first-order chi connectivity index (χ1) is 65.6. The third-order valence-electron chi connectivity index (χ3n) is 25.7. The van der Waals surface area contributed by atoms with Crippen LogP contribution < -0.4 is 0 Å². The molecule has 794 valence electrons. The second-order valence-corrected chi connectivity index (χ2v) is 46.8. The molecule has 0 atom stereocenters. The molecule has 21 heteroatoms. The van der Waals surface area contributed by atoms with Crippen molar-refractivity contribution < 1.29 is 0 Å². The molecule has 0 saturated heterocycles. The maximum absolute atomic E-state index is 4.26. The van der Waals surface area contributed by atoms with E-state index in [0.717, 1.165) is 191 Å². The number of rotatable bonds is 74. The molecule has 137 heavy (non-hydrogen) atoms. The predicted molar refractivity (Wildman–Crippen MR) is 586 cm³/mol. The SMILES string of the molecule is CC(C)CCCCCCCn1nncc1CCC(C)C.CC(C)CCCCCCc1cnnn1CCCC(C)C.CC(C)CCCCCCc1cnnn1CCCC(C)C.CC(C)CCCCCCn1cc(CCC(C)C)nn1.CC(C)CCCCCc1cn(CCCC(C)C)nn1.CC(C)CCCCCn1cc(CCCC(C)C)nn1.CC(C)CCCCCn1nncc1CCCCC(C)C. The van der Waals surface area contributed by atoms with E-state index in [1.54, 1.807) is 0 Å². The van der Waals surface area contributed by atoms with E-state index < -0.39 is 0 Å². The van der Waals surface area contributed by atoms with E-state index in [0.29, 0.717) is 0 Å². The normalized spacial score (nSPS) is 11.7. The fourth-order valence-electron chi connectivity index (χ4n) is 16.7. The molecule has 0 radical (unpaired) electrons. The molecular formula is C116H225N21. The smallest absolute Gasteiger partial charge is 0.0827 e. The maximum Gasteiger partial charge on any atom is 0.0827 e. The summed E-state index contributed by atoms with van der Waals surface area (Å²) in [5, 5.41) is 58.5. The van der Waals surface area contributed by atoms with Crippen LogP contribution in [0.3, 0.4) is 0 Å². The number of unbranched alkanes of at least 4 members (excludes halogenated alkanes) is 20. The third kappa shape index (κ3) is 80.1. The molecule has 0 saturated carbocycles. The Hall–Kier alpha value is -6.02. The monoisotopic (exact) mass is 1910 g/mol. The van der Waals surface area contributed by atoms with Gasteiger partial charge < -0.3 is 0 Å². The van der Waals surface area contributed by atoms with Gasteiger partial charge in [-0.25, -0.2) is 18.7 Å². The molecule has 7 aromatic heterocycles. The molecule has 0 unspecified atom stereocenters. The van der Waals surface area contributed by atoms with E-state index >= 15 is 0 Å². The van der Waals surface area contributed by atoms with Crippen LogP contribution in [0.4, 0.5) is 0 Å². The van der Waals surface area contributed by atoms with E-state index in [4.69, 9.17) is 0 Å². The summed E-state index contributed by atoms with van der Waals surface area (Å²) in [6.45, 7) is 71.2. The number of hydrogen-bond acceptors (Lipinski definition) is 14.